The van der Waals surface area contributed by atoms with Gasteiger partial charge in [0.2, 0.25) is 6.08 Å². The molecule has 1 unspecified atom stereocenters. The minimum Gasteiger partial charge on any atom is -0.469 e. The second kappa shape index (κ2) is 12.7. The van der Waals surface area contributed by atoms with Crippen molar-refractivity contribution in [3.8, 4) is 0 Å². The van der Waals surface area contributed by atoms with Gasteiger partial charge in [-0.2, -0.15) is 4.99 Å². The largest absolute Gasteiger partial charge is 0.469 e. The molecule has 11 heteroatoms. The number of sulfone groups is 1. The number of carbonyl (C=O) groups is 2. The quantitative estimate of drug-likeness (QED) is 0.228. The molecule has 3 atom stereocenters. The number of hydrogen-bond donors (Lipinski definition) is 1. The number of halogens is 1. The first-order valence-electron chi connectivity index (χ1n) is 12.3. The SMILES string of the molecule is COC(=O)Cc1ccc(S(=O)(=O)C[C@@H]2CC(O)C(=O)[C@H](c3ccc(Cl)c(Cc4ccc(N=C=O)cc4)c3)O2)cc1. The van der Waals surface area contributed by atoms with E-state index in [4.69, 9.17) is 16.3 Å². The number of nitrogens with zero attached hydrogens (tertiary/aromatic N) is 1. The van der Waals surface area contributed by atoms with Gasteiger partial charge in [0.25, 0.3) is 0 Å². The fourth-order valence-corrected chi connectivity index (χ4v) is 6.09. The molecule has 0 spiro atoms. The summed E-state index contributed by atoms with van der Waals surface area (Å²) in [6.45, 7) is 0. The maximum atomic E-state index is 13.1. The molecule has 3 aromatic carbocycles. The van der Waals surface area contributed by atoms with Gasteiger partial charge in [0.05, 0.1) is 36.0 Å². The molecule has 1 saturated heterocycles. The predicted octanol–water partition coefficient (Wildman–Crippen LogP) is 3.85. The topological polar surface area (TPSA) is 136 Å². The van der Waals surface area contributed by atoms with Crippen molar-refractivity contribution in [1.29, 1.82) is 0 Å². The Morgan fingerprint density at radius 3 is 2.42 bits per heavy atom. The van der Waals surface area contributed by atoms with E-state index < -0.39 is 45.7 Å². The molecule has 0 saturated carbocycles. The summed E-state index contributed by atoms with van der Waals surface area (Å²) in [4.78, 5) is 38.4. The van der Waals surface area contributed by atoms with Crippen LogP contribution in [-0.4, -0.2) is 56.4 Å². The van der Waals surface area contributed by atoms with E-state index in [1.54, 1.807) is 42.5 Å². The van der Waals surface area contributed by atoms with Crippen LogP contribution in [-0.2, 0) is 46.5 Å². The Morgan fingerprint density at radius 2 is 1.77 bits per heavy atom. The summed E-state index contributed by atoms with van der Waals surface area (Å²) < 4.78 is 36.8. The number of carbonyl (C=O) groups excluding carboxylic acids is 3. The van der Waals surface area contributed by atoms with E-state index >= 15 is 0 Å². The first-order valence-corrected chi connectivity index (χ1v) is 14.3. The minimum atomic E-state index is -3.84. The number of ketones is 1. The average molecular weight is 584 g/mol. The summed E-state index contributed by atoms with van der Waals surface area (Å²) in [5, 5.41) is 10.9. The summed E-state index contributed by atoms with van der Waals surface area (Å²) in [6.07, 6.45) is -1.77. The lowest BCUT2D eigenvalue weighted by Crippen LogP contribution is -2.42. The maximum Gasteiger partial charge on any atom is 0.309 e. The van der Waals surface area contributed by atoms with Gasteiger partial charge >= 0.3 is 5.97 Å². The zero-order valence-electron chi connectivity index (χ0n) is 21.4. The number of ether oxygens (including phenoxy) is 2. The summed E-state index contributed by atoms with van der Waals surface area (Å²) in [7, 11) is -2.56. The van der Waals surface area contributed by atoms with Gasteiger partial charge in [0.1, 0.15) is 12.2 Å². The summed E-state index contributed by atoms with van der Waals surface area (Å²) >= 11 is 6.41. The van der Waals surface area contributed by atoms with E-state index in [0.717, 1.165) is 5.56 Å². The number of esters is 1. The van der Waals surface area contributed by atoms with Gasteiger partial charge in [0.15, 0.2) is 15.6 Å². The van der Waals surface area contributed by atoms with Crippen molar-refractivity contribution in [2.75, 3.05) is 12.9 Å². The Hall–Kier alpha value is -3.66. The second-order valence-corrected chi connectivity index (χ2v) is 11.8. The van der Waals surface area contributed by atoms with Gasteiger partial charge in [-0.25, -0.2) is 13.2 Å². The predicted molar refractivity (Wildman–Crippen MR) is 146 cm³/mol. The Labute approximate surface area is 236 Å². The summed E-state index contributed by atoms with van der Waals surface area (Å²) in [5.41, 5.74) is 3.08. The Morgan fingerprint density at radius 1 is 1.10 bits per heavy atom. The Kier molecular flexibility index (Phi) is 9.29. The number of isocyanates is 1. The zero-order valence-corrected chi connectivity index (χ0v) is 23.0. The van der Waals surface area contributed by atoms with Gasteiger partial charge in [-0.05, 0) is 59.0 Å². The van der Waals surface area contributed by atoms with E-state index in [1.165, 1.54) is 37.5 Å². The van der Waals surface area contributed by atoms with Crippen LogP contribution in [0, 0.1) is 0 Å². The van der Waals surface area contributed by atoms with Crippen molar-refractivity contribution in [2.24, 2.45) is 4.99 Å². The monoisotopic (exact) mass is 583 g/mol. The van der Waals surface area contributed by atoms with Crippen molar-refractivity contribution in [1.82, 2.24) is 0 Å². The van der Waals surface area contributed by atoms with E-state index in [-0.39, 0.29) is 17.7 Å². The maximum absolute atomic E-state index is 13.1. The van der Waals surface area contributed by atoms with Crippen LogP contribution in [0.1, 0.15) is 34.8 Å². The molecule has 40 heavy (non-hydrogen) atoms. The number of aliphatic hydroxyl groups is 1. The lowest BCUT2D eigenvalue weighted by atomic mass is 9.93. The van der Waals surface area contributed by atoms with Gasteiger partial charge < -0.3 is 14.6 Å². The van der Waals surface area contributed by atoms with Crippen molar-refractivity contribution in [3.63, 3.8) is 0 Å². The molecule has 208 valence electrons. The van der Waals surface area contributed by atoms with E-state index in [9.17, 15) is 27.9 Å². The minimum absolute atomic E-state index is 0.0155. The number of benzene rings is 3. The Bertz CT molecular complexity index is 1550. The second-order valence-electron chi connectivity index (χ2n) is 9.37. The average Bonchev–Trinajstić information content (AvgIpc) is 2.93. The summed E-state index contributed by atoms with van der Waals surface area (Å²) in [6, 6.07) is 17.7. The van der Waals surface area contributed by atoms with E-state index in [0.29, 0.717) is 33.8 Å². The highest BCUT2D eigenvalue weighted by molar-refractivity contribution is 7.91. The number of aliphatic imine (C=N–C) groups is 1. The first-order chi connectivity index (χ1) is 19.1. The molecule has 1 N–H and O–H groups in total. The number of methoxy groups -OCH3 is 1. The molecule has 1 aliphatic heterocycles. The molecular formula is C29H26ClNO8S. The number of hydrogen-bond acceptors (Lipinski definition) is 9. The molecule has 1 fully saturated rings. The first kappa shape index (κ1) is 29.3. The van der Waals surface area contributed by atoms with Crippen LogP contribution in [0.3, 0.4) is 0 Å². The molecule has 1 aliphatic rings. The molecule has 0 aromatic heterocycles. The fraction of sp³-hybridized carbons (Fsp3) is 0.276. The molecule has 0 radical (unpaired) electrons. The number of rotatable bonds is 9. The van der Waals surface area contributed by atoms with Gasteiger partial charge in [-0.1, -0.05) is 48.0 Å². The highest BCUT2D eigenvalue weighted by atomic mass is 35.5. The smallest absolute Gasteiger partial charge is 0.309 e. The fourth-order valence-electron chi connectivity index (χ4n) is 4.45. The third-order valence-electron chi connectivity index (χ3n) is 6.54. The van der Waals surface area contributed by atoms with Gasteiger partial charge in [0, 0.05) is 11.4 Å². The molecular weight excluding hydrogens is 558 g/mol. The molecule has 1 heterocycles. The van der Waals surface area contributed by atoms with Crippen LogP contribution in [0.25, 0.3) is 0 Å². The highest BCUT2D eigenvalue weighted by Crippen LogP contribution is 2.33. The van der Waals surface area contributed by atoms with Gasteiger partial charge in [-0.15, -0.1) is 0 Å². The molecule has 4 rings (SSSR count). The van der Waals surface area contributed by atoms with E-state index in [1.807, 2.05) is 0 Å². The van der Waals surface area contributed by atoms with Crippen LogP contribution < -0.4 is 0 Å². The van der Waals surface area contributed by atoms with Crippen LogP contribution in [0.2, 0.25) is 5.02 Å². The van der Waals surface area contributed by atoms with Crippen LogP contribution in [0.15, 0.2) is 76.6 Å². The van der Waals surface area contributed by atoms with Crippen molar-refractivity contribution >= 4 is 45.0 Å². The van der Waals surface area contributed by atoms with E-state index in [2.05, 4.69) is 9.73 Å². The van der Waals surface area contributed by atoms with Crippen LogP contribution in [0.5, 0.6) is 0 Å². The van der Waals surface area contributed by atoms with Crippen molar-refractivity contribution in [3.05, 3.63) is 94.0 Å². The van der Waals surface area contributed by atoms with Gasteiger partial charge in [-0.3, -0.25) is 9.59 Å². The molecule has 0 amide bonds. The van der Waals surface area contributed by atoms with Crippen LogP contribution in [0.4, 0.5) is 5.69 Å². The third kappa shape index (κ3) is 7.10. The summed E-state index contributed by atoms with van der Waals surface area (Å²) in [5.74, 6) is -1.45. The molecule has 3 aromatic rings. The normalized spacial score (nSPS) is 19.1. The van der Waals surface area contributed by atoms with Crippen molar-refractivity contribution < 1.29 is 37.4 Å². The number of aliphatic hydroxyl groups excluding tert-OH is 1. The highest BCUT2D eigenvalue weighted by Gasteiger charge is 2.39. The van der Waals surface area contributed by atoms with Crippen LogP contribution >= 0.6 is 11.6 Å². The third-order valence-corrected chi connectivity index (χ3v) is 8.71. The lowest BCUT2D eigenvalue weighted by Gasteiger charge is -2.32. The number of Topliss-reactive ketones (excluding diaryl/α,β-unsaturated/α-hetero) is 1. The molecule has 9 nitrogen and oxygen atoms in total. The zero-order chi connectivity index (χ0) is 28.9. The standard InChI is InChI=1S/C29H26ClNO8S/c1-38-27(34)13-19-4-9-24(10-5-19)40(36,37)16-23-15-26(33)28(35)29(39-23)20-6-11-25(30)21(14-20)12-18-2-7-22(8-3-18)31-17-32/h2-11,14,23,26,29,33H,12-13,15-16H2,1H3/t23-,26?,29-/m0/s1. The molecule has 0 aliphatic carbocycles. The molecule has 0 bridgehead atoms. The van der Waals surface area contributed by atoms with Crippen molar-refractivity contribution in [2.45, 2.75) is 42.5 Å². The lowest BCUT2D eigenvalue weighted by molar-refractivity contribution is -0.156. The Balaban J connectivity index is 1.51.